The van der Waals surface area contributed by atoms with Crippen LogP contribution in [0.2, 0.25) is 0 Å². The summed E-state index contributed by atoms with van der Waals surface area (Å²) < 4.78 is 0. The molecule has 1 heterocycles. The molecule has 0 spiro atoms. The van der Waals surface area contributed by atoms with E-state index in [4.69, 9.17) is 5.73 Å². The van der Waals surface area contributed by atoms with Crippen molar-refractivity contribution in [2.45, 2.75) is 45.7 Å². The predicted octanol–water partition coefficient (Wildman–Crippen LogP) is 1.95. The second-order valence-corrected chi connectivity index (χ2v) is 5.64. The molecular weight excluding hydrogens is 238 g/mol. The van der Waals surface area contributed by atoms with Crippen molar-refractivity contribution >= 4 is 5.91 Å². The molecule has 1 unspecified atom stereocenters. The van der Waals surface area contributed by atoms with Crippen molar-refractivity contribution in [2.24, 2.45) is 11.1 Å². The Labute approximate surface area is 115 Å². The van der Waals surface area contributed by atoms with E-state index in [0.29, 0.717) is 19.1 Å². The maximum absolute atomic E-state index is 12.7. The number of amides is 1. The van der Waals surface area contributed by atoms with Crippen molar-refractivity contribution in [1.82, 2.24) is 9.88 Å². The molecule has 0 bridgehead atoms. The Kier molecular flexibility index (Phi) is 4.20. The zero-order valence-electron chi connectivity index (χ0n) is 11.8. The molecule has 1 saturated carbocycles. The molecule has 1 aliphatic carbocycles. The van der Waals surface area contributed by atoms with Gasteiger partial charge in [0, 0.05) is 31.5 Å². The standard InChI is InChI=1S/C15H23N3O/c1-3-15(2,11-16)14(19)18(13-6-7-13)10-12-5-4-8-17-9-12/h4-5,8-9,13H,3,6-7,10-11,16H2,1-2H3. The molecule has 19 heavy (non-hydrogen) atoms. The third-order valence-corrected chi connectivity index (χ3v) is 4.07. The zero-order valence-corrected chi connectivity index (χ0v) is 11.8. The van der Waals surface area contributed by atoms with Crippen molar-refractivity contribution in [3.05, 3.63) is 30.1 Å². The van der Waals surface area contributed by atoms with E-state index in [1.165, 1.54) is 0 Å². The van der Waals surface area contributed by atoms with Crippen LogP contribution in [0.1, 0.15) is 38.7 Å². The summed E-state index contributed by atoms with van der Waals surface area (Å²) in [6, 6.07) is 4.32. The molecular formula is C15H23N3O. The Morgan fingerprint density at radius 3 is 2.79 bits per heavy atom. The number of carbonyl (C=O) groups is 1. The van der Waals surface area contributed by atoms with Crippen LogP contribution in [0.4, 0.5) is 0 Å². The Hall–Kier alpha value is -1.42. The Morgan fingerprint density at radius 1 is 1.58 bits per heavy atom. The smallest absolute Gasteiger partial charge is 0.230 e. The summed E-state index contributed by atoms with van der Waals surface area (Å²) in [5.41, 5.74) is 6.45. The van der Waals surface area contributed by atoms with Gasteiger partial charge in [-0.25, -0.2) is 0 Å². The van der Waals surface area contributed by atoms with Crippen LogP contribution in [-0.4, -0.2) is 28.4 Å². The number of hydrogen-bond donors (Lipinski definition) is 1. The highest BCUT2D eigenvalue weighted by Gasteiger charge is 2.40. The van der Waals surface area contributed by atoms with E-state index >= 15 is 0 Å². The first-order chi connectivity index (χ1) is 9.10. The fourth-order valence-electron chi connectivity index (χ4n) is 2.17. The van der Waals surface area contributed by atoms with Gasteiger partial charge >= 0.3 is 0 Å². The zero-order chi connectivity index (χ0) is 13.9. The molecule has 0 aromatic carbocycles. The van der Waals surface area contributed by atoms with Gasteiger partial charge in [0.15, 0.2) is 0 Å². The Balaban J connectivity index is 2.14. The van der Waals surface area contributed by atoms with Crippen molar-refractivity contribution in [3.8, 4) is 0 Å². The molecule has 0 radical (unpaired) electrons. The minimum atomic E-state index is -0.440. The van der Waals surface area contributed by atoms with Gasteiger partial charge in [-0.3, -0.25) is 9.78 Å². The van der Waals surface area contributed by atoms with Crippen LogP contribution in [-0.2, 0) is 11.3 Å². The van der Waals surface area contributed by atoms with Gasteiger partial charge in [-0.2, -0.15) is 0 Å². The van der Waals surface area contributed by atoms with Crippen LogP contribution in [0.5, 0.6) is 0 Å². The highest BCUT2D eigenvalue weighted by atomic mass is 16.2. The second kappa shape index (κ2) is 5.70. The van der Waals surface area contributed by atoms with Gasteiger partial charge in [0.2, 0.25) is 5.91 Å². The maximum atomic E-state index is 12.7. The fraction of sp³-hybridized carbons (Fsp3) is 0.600. The lowest BCUT2D eigenvalue weighted by Crippen LogP contribution is -2.46. The lowest BCUT2D eigenvalue weighted by Gasteiger charge is -2.33. The quantitative estimate of drug-likeness (QED) is 0.851. The van der Waals surface area contributed by atoms with Crippen molar-refractivity contribution in [3.63, 3.8) is 0 Å². The summed E-state index contributed by atoms with van der Waals surface area (Å²) in [6.45, 7) is 5.04. The summed E-state index contributed by atoms with van der Waals surface area (Å²) >= 11 is 0. The van der Waals surface area contributed by atoms with Crippen LogP contribution >= 0.6 is 0 Å². The lowest BCUT2D eigenvalue weighted by atomic mass is 9.86. The minimum Gasteiger partial charge on any atom is -0.335 e. The third-order valence-electron chi connectivity index (χ3n) is 4.07. The normalized spacial score (nSPS) is 17.8. The van der Waals surface area contributed by atoms with Crippen LogP contribution in [0, 0.1) is 5.41 Å². The first-order valence-corrected chi connectivity index (χ1v) is 7.01. The fourth-order valence-corrected chi connectivity index (χ4v) is 2.17. The Morgan fingerprint density at radius 2 is 2.32 bits per heavy atom. The molecule has 2 N–H and O–H groups in total. The molecule has 1 fully saturated rings. The van der Waals surface area contributed by atoms with E-state index < -0.39 is 5.41 Å². The van der Waals surface area contributed by atoms with Gasteiger partial charge in [0.05, 0.1) is 5.41 Å². The molecule has 1 atom stereocenters. The van der Waals surface area contributed by atoms with Crippen LogP contribution in [0.25, 0.3) is 0 Å². The summed E-state index contributed by atoms with van der Waals surface area (Å²) in [7, 11) is 0. The van der Waals surface area contributed by atoms with E-state index in [-0.39, 0.29) is 5.91 Å². The molecule has 0 aliphatic heterocycles. The minimum absolute atomic E-state index is 0.184. The maximum Gasteiger partial charge on any atom is 0.230 e. The van der Waals surface area contributed by atoms with E-state index in [2.05, 4.69) is 4.98 Å². The molecule has 1 aliphatic rings. The number of pyridine rings is 1. The highest BCUT2D eigenvalue weighted by Crippen LogP contribution is 2.33. The van der Waals surface area contributed by atoms with E-state index in [1.54, 1.807) is 6.20 Å². The van der Waals surface area contributed by atoms with Gasteiger partial charge in [-0.05, 0) is 37.8 Å². The van der Waals surface area contributed by atoms with E-state index in [9.17, 15) is 4.79 Å². The molecule has 0 saturated heterocycles. The van der Waals surface area contributed by atoms with Crippen LogP contribution in [0.3, 0.4) is 0 Å². The van der Waals surface area contributed by atoms with Crippen LogP contribution in [0.15, 0.2) is 24.5 Å². The summed E-state index contributed by atoms with van der Waals surface area (Å²) in [5, 5.41) is 0. The summed E-state index contributed by atoms with van der Waals surface area (Å²) in [5.74, 6) is 0.184. The third kappa shape index (κ3) is 3.13. The van der Waals surface area contributed by atoms with E-state index in [1.807, 2.05) is 37.1 Å². The van der Waals surface area contributed by atoms with Crippen molar-refractivity contribution < 1.29 is 4.79 Å². The molecule has 104 valence electrons. The molecule has 4 heteroatoms. The van der Waals surface area contributed by atoms with Gasteiger partial charge in [0.25, 0.3) is 0 Å². The number of rotatable bonds is 6. The largest absolute Gasteiger partial charge is 0.335 e. The van der Waals surface area contributed by atoms with E-state index in [0.717, 1.165) is 24.8 Å². The molecule has 2 rings (SSSR count). The number of nitrogens with zero attached hydrogens (tertiary/aromatic N) is 2. The first-order valence-electron chi connectivity index (χ1n) is 7.01. The predicted molar refractivity (Wildman–Crippen MR) is 75.3 cm³/mol. The average Bonchev–Trinajstić information content (AvgIpc) is 3.29. The summed E-state index contributed by atoms with van der Waals surface area (Å²) in [6.07, 6.45) is 6.57. The first kappa shape index (κ1) is 14.0. The van der Waals surface area contributed by atoms with Crippen molar-refractivity contribution in [1.29, 1.82) is 0 Å². The van der Waals surface area contributed by atoms with Gasteiger partial charge < -0.3 is 10.6 Å². The average molecular weight is 261 g/mol. The number of hydrogen-bond acceptors (Lipinski definition) is 3. The van der Waals surface area contributed by atoms with Gasteiger partial charge in [-0.1, -0.05) is 13.0 Å². The van der Waals surface area contributed by atoms with Gasteiger partial charge in [-0.15, -0.1) is 0 Å². The van der Waals surface area contributed by atoms with Gasteiger partial charge in [0.1, 0.15) is 0 Å². The van der Waals surface area contributed by atoms with Crippen molar-refractivity contribution in [2.75, 3.05) is 6.54 Å². The van der Waals surface area contributed by atoms with Crippen LogP contribution < -0.4 is 5.73 Å². The topological polar surface area (TPSA) is 59.2 Å². The molecule has 1 aromatic rings. The Bertz CT molecular complexity index is 424. The molecule has 1 amide bonds. The molecule has 1 aromatic heterocycles. The molecule has 4 nitrogen and oxygen atoms in total. The monoisotopic (exact) mass is 261 g/mol. The number of aromatic nitrogens is 1. The highest BCUT2D eigenvalue weighted by molar-refractivity contribution is 5.83. The SMILES string of the molecule is CCC(C)(CN)C(=O)N(Cc1cccnc1)C1CC1. The summed E-state index contributed by atoms with van der Waals surface area (Å²) in [4.78, 5) is 18.8. The lowest BCUT2D eigenvalue weighted by molar-refractivity contribution is -0.142. The second-order valence-electron chi connectivity index (χ2n) is 5.64. The number of carbonyl (C=O) groups excluding carboxylic acids is 1. The number of nitrogens with two attached hydrogens (primary N) is 1.